The van der Waals surface area contributed by atoms with E-state index in [0.717, 1.165) is 23.2 Å². The minimum atomic E-state index is -0.849. The van der Waals surface area contributed by atoms with Crippen molar-refractivity contribution in [2.75, 3.05) is 10.6 Å². The van der Waals surface area contributed by atoms with Crippen LogP contribution in [0.3, 0.4) is 0 Å². The fourth-order valence-corrected chi connectivity index (χ4v) is 4.89. The number of hydrogen-bond donors (Lipinski definition) is 5. The minimum Gasteiger partial charge on any atom is -0.378 e. The summed E-state index contributed by atoms with van der Waals surface area (Å²) in [5, 5.41) is 18.2. The highest BCUT2D eigenvalue weighted by Crippen LogP contribution is 2.38. The van der Waals surface area contributed by atoms with Crippen molar-refractivity contribution in [1.29, 1.82) is 5.26 Å². The summed E-state index contributed by atoms with van der Waals surface area (Å²) >= 11 is 6.74. The second kappa shape index (κ2) is 10.6. The van der Waals surface area contributed by atoms with Gasteiger partial charge in [0.15, 0.2) is 0 Å². The third kappa shape index (κ3) is 4.82. The molecule has 0 amide bonds. The molecule has 0 saturated heterocycles. The molecule has 38 heavy (non-hydrogen) atoms. The molecule has 0 spiro atoms. The molecule has 2 aromatic carbocycles. The van der Waals surface area contributed by atoms with Crippen molar-refractivity contribution in [1.82, 2.24) is 26.4 Å². The molecule has 190 valence electrons. The Morgan fingerprint density at radius 3 is 2.63 bits per heavy atom. The summed E-state index contributed by atoms with van der Waals surface area (Å²) in [5.74, 6) is -0.566. The first kappa shape index (κ1) is 25.3. The Bertz CT molecular complexity index is 1540. The summed E-state index contributed by atoms with van der Waals surface area (Å²) < 4.78 is 13.6. The van der Waals surface area contributed by atoms with Crippen molar-refractivity contribution in [2.24, 2.45) is 0 Å². The number of benzene rings is 2. The van der Waals surface area contributed by atoms with Crippen molar-refractivity contribution in [2.45, 2.75) is 24.8 Å². The molecule has 0 aliphatic carbocycles. The lowest BCUT2D eigenvalue weighted by Gasteiger charge is -2.33. The van der Waals surface area contributed by atoms with Gasteiger partial charge in [0.25, 0.3) is 0 Å². The Hall–Kier alpha value is -4.33. The van der Waals surface area contributed by atoms with Crippen LogP contribution in [0.2, 0.25) is 5.02 Å². The van der Waals surface area contributed by atoms with E-state index >= 15 is 0 Å². The Balaban J connectivity index is 1.61. The highest BCUT2D eigenvalue weighted by Gasteiger charge is 2.34. The van der Waals surface area contributed by atoms with Gasteiger partial charge in [-0.2, -0.15) is 15.2 Å². The van der Waals surface area contributed by atoms with Crippen molar-refractivity contribution < 1.29 is 4.39 Å². The summed E-state index contributed by atoms with van der Waals surface area (Å²) in [4.78, 5) is 8.33. The first-order chi connectivity index (χ1) is 18.4. The number of fused-ring (bicyclic) bond motifs is 1. The standard InChI is InChI=1S/C27H25BClFN8/c1-2-22(16-6-4-3-5-7-16)35-25-17(12-31)13-33-26-20(25)10-19(11-21(26)29)36-27(28,23-15-34-38-37-23)18-8-9-24(30)32-14-18/h3-11,13-15,22,34,36-38H,2,28H2,1H3,(H,33,35)/t22-,27?/m1/s1. The zero-order chi connectivity index (χ0) is 26.7. The van der Waals surface area contributed by atoms with Crippen LogP contribution in [0.5, 0.6) is 0 Å². The summed E-state index contributed by atoms with van der Waals surface area (Å²) in [5.41, 5.74) is 12.9. The molecule has 5 N–H and O–H groups in total. The van der Waals surface area contributed by atoms with Crippen LogP contribution in [0.15, 0.2) is 78.9 Å². The molecule has 4 aromatic rings. The fraction of sp³-hybridized carbons (Fsp3) is 0.148. The third-order valence-corrected chi connectivity index (χ3v) is 6.99. The lowest BCUT2D eigenvalue weighted by Crippen LogP contribution is -2.45. The second-order valence-electron chi connectivity index (χ2n) is 9.10. The Kier molecular flexibility index (Phi) is 7.05. The number of nitrogens with zero attached hydrogens (tertiary/aromatic N) is 3. The topological polar surface area (TPSA) is 110 Å². The predicted octanol–water partition coefficient (Wildman–Crippen LogP) is 4.21. The number of pyridine rings is 2. The molecule has 1 aliphatic rings. The number of rotatable bonds is 8. The number of hydrazine groups is 2. The first-order valence-electron chi connectivity index (χ1n) is 12.1. The van der Waals surface area contributed by atoms with E-state index in [1.54, 1.807) is 24.5 Å². The largest absolute Gasteiger partial charge is 0.378 e. The van der Waals surface area contributed by atoms with Gasteiger partial charge in [0.2, 0.25) is 5.95 Å². The summed E-state index contributed by atoms with van der Waals surface area (Å²) in [7, 11) is 1.94. The van der Waals surface area contributed by atoms with Crippen LogP contribution < -0.4 is 27.0 Å². The maximum atomic E-state index is 13.6. The SMILES string of the molecule is BC(Nc1cc(Cl)c2ncc(C#N)c(N[C@H](CC)c3ccccc3)c2c1)(C1=CNNN1)c1ccc(F)nc1. The van der Waals surface area contributed by atoms with E-state index < -0.39 is 11.4 Å². The molecule has 0 radical (unpaired) electrons. The molecular formula is C27H25BClFN8. The summed E-state index contributed by atoms with van der Waals surface area (Å²) in [6.07, 6.45) is 5.60. The second-order valence-corrected chi connectivity index (χ2v) is 9.51. The van der Waals surface area contributed by atoms with Gasteiger partial charge in [-0.05, 0) is 35.7 Å². The molecule has 2 atom stereocenters. The maximum absolute atomic E-state index is 13.6. The van der Waals surface area contributed by atoms with Gasteiger partial charge in [-0.1, -0.05) is 54.9 Å². The average Bonchev–Trinajstić information content (AvgIpc) is 3.48. The molecule has 8 nitrogen and oxygen atoms in total. The van der Waals surface area contributed by atoms with Gasteiger partial charge in [-0.25, -0.2) is 4.98 Å². The van der Waals surface area contributed by atoms with Crippen LogP contribution in [0, 0.1) is 17.3 Å². The van der Waals surface area contributed by atoms with Crippen molar-refractivity contribution >= 4 is 41.7 Å². The van der Waals surface area contributed by atoms with Gasteiger partial charge in [0.05, 0.1) is 39.0 Å². The monoisotopic (exact) mass is 526 g/mol. The van der Waals surface area contributed by atoms with Crippen LogP contribution >= 0.6 is 11.6 Å². The highest BCUT2D eigenvalue weighted by molar-refractivity contribution is 6.36. The molecule has 1 aliphatic heterocycles. The molecular weight excluding hydrogens is 502 g/mol. The third-order valence-electron chi connectivity index (χ3n) is 6.70. The molecule has 0 bridgehead atoms. The molecule has 0 saturated carbocycles. The number of anilines is 2. The quantitative estimate of drug-likeness (QED) is 0.172. The molecule has 11 heteroatoms. The zero-order valence-electron chi connectivity index (χ0n) is 20.8. The highest BCUT2D eigenvalue weighted by atomic mass is 35.5. The van der Waals surface area contributed by atoms with Crippen LogP contribution in [-0.2, 0) is 5.44 Å². The number of halogens is 2. The van der Waals surface area contributed by atoms with Crippen molar-refractivity contribution in [3.8, 4) is 6.07 Å². The number of hydrogen-bond acceptors (Lipinski definition) is 8. The van der Waals surface area contributed by atoms with Gasteiger partial charge in [-0.15, -0.1) is 0 Å². The van der Waals surface area contributed by atoms with E-state index in [0.29, 0.717) is 32.9 Å². The molecule has 5 rings (SSSR count). The smallest absolute Gasteiger partial charge is 0.212 e. The Labute approximate surface area is 225 Å². The lowest BCUT2D eigenvalue weighted by molar-refractivity contribution is 0.564. The summed E-state index contributed by atoms with van der Waals surface area (Å²) in [6.45, 7) is 2.09. The summed E-state index contributed by atoms with van der Waals surface area (Å²) in [6, 6.07) is 19.0. The van der Waals surface area contributed by atoms with Crippen molar-refractivity contribution in [3.05, 3.63) is 107 Å². The van der Waals surface area contributed by atoms with Crippen LogP contribution in [0.1, 0.15) is 36.1 Å². The lowest BCUT2D eigenvalue weighted by atomic mass is 9.70. The van der Waals surface area contributed by atoms with Gasteiger partial charge in [-0.3, -0.25) is 4.98 Å². The van der Waals surface area contributed by atoms with E-state index in [1.165, 1.54) is 12.3 Å². The van der Waals surface area contributed by atoms with Crippen LogP contribution in [-0.4, -0.2) is 17.8 Å². The maximum Gasteiger partial charge on any atom is 0.212 e. The fourth-order valence-electron chi connectivity index (χ4n) is 4.63. The average molecular weight is 527 g/mol. The number of aromatic nitrogens is 2. The van der Waals surface area contributed by atoms with Gasteiger partial charge in [0, 0.05) is 29.7 Å². The Morgan fingerprint density at radius 1 is 1.16 bits per heavy atom. The molecule has 2 aromatic heterocycles. The molecule has 0 fully saturated rings. The van der Waals surface area contributed by atoms with Crippen LogP contribution in [0.25, 0.3) is 10.9 Å². The number of nitrogens with one attached hydrogen (secondary N) is 5. The zero-order valence-corrected chi connectivity index (χ0v) is 21.6. The van der Waals surface area contributed by atoms with E-state index in [1.807, 2.05) is 32.1 Å². The Morgan fingerprint density at radius 2 is 1.97 bits per heavy atom. The molecule has 1 unspecified atom stereocenters. The van der Waals surface area contributed by atoms with E-state index in [4.69, 9.17) is 11.6 Å². The van der Waals surface area contributed by atoms with E-state index in [2.05, 4.69) is 62.1 Å². The predicted molar refractivity (Wildman–Crippen MR) is 150 cm³/mol. The van der Waals surface area contributed by atoms with E-state index in [9.17, 15) is 9.65 Å². The normalized spacial score (nSPS) is 14.9. The van der Waals surface area contributed by atoms with Gasteiger partial charge >= 0.3 is 0 Å². The van der Waals surface area contributed by atoms with Crippen LogP contribution in [0.4, 0.5) is 15.8 Å². The van der Waals surface area contributed by atoms with Crippen molar-refractivity contribution in [3.63, 3.8) is 0 Å². The minimum absolute atomic E-state index is 0.0233. The van der Waals surface area contributed by atoms with E-state index in [-0.39, 0.29) is 6.04 Å². The number of nitriles is 1. The van der Waals surface area contributed by atoms with Gasteiger partial charge < -0.3 is 21.5 Å². The first-order valence-corrected chi connectivity index (χ1v) is 12.5. The molecule has 3 heterocycles. The van der Waals surface area contributed by atoms with Gasteiger partial charge in [0.1, 0.15) is 13.9 Å².